The van der Waals surface area contributed by atoms with Crippen molar-refractivity contribution in [2.24, 2.45) is 10.7 Å². The number of nitrogens with two attached hydrogens (primary N) is 1. The highest BCUT2D eigenvalue weighted by molar-refractivity contribution is 7.90. The second-order valence-corrected chi connectivity index (χ2v) is 20.1. The van der Waals surface area contributed by atoms with E-state index in [0.717, 1.165) is 16.7 Å². The maximum absolute atomic E-state index is 14.3. The Bertz CT molecular complexity index is 2610. The molecule has 1 heterocycles. The number of aryl methyl sites for hydroxylation is 1. The van der Waals surface area contributed by atoms with Crippen LogP contribution < -0.4 is 36.5 Å². The van der Waals surface area contributed by atoms with Crippen LogP contribution in [0.15, 0.2) is 119 Å². The Balaban J connectivity index is 1.23. The predicted molar refractivity (Wildman–Crippen MR) is 269 cm³/mol. The molecule has 1 aliphatic rings. The zero-order valence-electron chi connectivity index (χ0n) is 41.5. The number of nitrogens with one attached hydrogen (secondary N) is 5. The largest absolute Gasteiger partial charge is 0.489 e. The van der Waals surface area contributed by atoms with Gasteiger partial charge in [0.1, 0.15) is 54.8 Å². The van der Waals surface area contributed by atoms with Crippen molar-refractivity contribution in [2.45, 2.75) is 128 Å². The summed E-state index contributed by atoms with van der Waals surface area (Å²) < 4.78 is 44.7. The highest BCUT2D eigenvalue weighted by Crippen LogP contribution is 2.22. The molecule has 0 aliphatic carbocycles. The maximum atomic E-state index is 14.3. The van der Waals surface area contributed by atoms with Crippen LogP contribution in [0.4, 0.5) is 4.79 Å². The van der Waals surface area contributed by atoms with Crippen LogP contribution in [0.1, 0.15) is 82.6 Å². The van der Waals surface area contributed by atoms with Gasteiger partial charge in [-0.25, -0.2) is 22.7 Å². The van der Waals surface area contributed by atoms with Crippen molar-refractivity contribution < 1.29 is 51.4 Å². The van der Waals surface area contributed by atoms with Crippen LogP contribution in [0.2, 0.25) is 0 Å². The van der Waals surface area contributed by atoms with Crippen molar-refractivity contribution in [1.82, 2.24) is 30.9 Å². The fraction of sp³-hybridized carbons (Fsp3) is 0.404. The Morgan fingerprint density at radius 1 is 0.750 bits per heavy atom. The van der Waals surface area contributed by atoms with Crippen molar-refractivity contribution in [3.63, 3.8) is 0 Å². The van der Waals surface area contributed by atoms with Gasteiger partial charge >= 0.3 is 12.1 Å². The first kappa shape index (κ1) is 55.4. The number of nitrogens with zero attached hydrogens (tertiary/aromatic N) is 2. The van der Waals surface area contributed by atoms with E-state index in [4.69, 9.17) is 19.9 Å². The van der Waals surface area contributed by atoms with E-state index in [1.165, 1.54) is 30.9 Å². The molecule has 0 spiro atoms. The number of rotatable bonds is 22. The number of carbonyl (C=O) groups is 6. The van der Waals surface area contributed by atoms with E-state index in [1.807, 2.05) is 43.3 Å². The molecule has 5 amide bonds. The highest BCUT2D eigenvalue weighted by Gasteiger charge is 2.39. The summed E-state index contributed by atoms with van der Waals surface area (Å²) in [7, 11) is -4.03. The number of carbonyl (C=O) groups excluding carboxylic acids is 6. The number of amides is 5. The normalized spacial score (nSPS) is 15.4. The molecule has 5 rings (SSSR count). The molecule has 0 aromatic heterocycles. The van der Waals surface area contributed by atoms with Gasteiger partial charge in [-0.05, 0) is 108 Å². The molecule has 0 radical (unpaired) electrons. The third kappa shape index (κ3) is 17.7. The highest BCUT2D eigenvalue weighted by atomic mass is 32.2. The SMILES string of the molecule is Cc1ccc(S(=O)(=O)NC(N)=NCCC[C@H](NC(=O)[C@@H](C)NC(=O)[C@@H]2CCCN2C(=O)[C@@H](Cc2ccc(OCc3ccccc3)cc2)NC(=O)OC(C)(C)C)C(=O)N[C@H](C)C(=O)OCc2ccccc2)cc1. The second kappa shape index (κ2) is 26.1. The Kier molecular flexibility index (Phi) is 20.1. The first-order valence-corrected chi connectivity index (χ1v) is 25.2. The molecule has 1 aliphatic heterocycles. The molecule has 20 heteroatoms. The number of sulfonamides is 1. The van der Waals surface area contributed by atoms with Crippen molar-refractivity contribution in [3.05, 3.63) is 131 Å². The molecule has 19 nitrogen and oxygen atoms in total. The minimum Gasteiger partial charge on any atom is -0.489 e. The third-order valence-corrected chi connectivity index (χ3v) is 12.6. The Morgan fingerprint density at radius 3 is 2.00 bits per heavy atom. The van der Waals surface area contributed by atoms with Crippen LogP contribution in [0.25, 0.3) is 0 Å². The van der Waals surface area contributed by atoms with Gasteiger partial charge in [0.15, 0.2) is 0 Å². The average molecular weight is 1010 g/mol. The smallest absolute Gasteiger partial charge is 0.408 e. The summed E-state index contributed by atoms with van der Waals surface area (Å²) in [6, 6.07) is 26.1. The quantitative estimate of drug-likeness (QED) is 0.0279. The summed E-state index contributed by atoms with van der Waals surface area (Å²) in [6.07, 6.45) is 0.0469. The summed E-state index contributed by atoms with van der Waals surface area (Å²) in [6.45, 7) is 10.2. The van der Waals surface area contributed by atoms with Crippen LogP contribution in [0.5, 0.6) is 5.75 Å². The number of alkyl carbamates (subject to hydrolysis) is 1. The number of hydrogen-bond donors (Lipinski definition) is 6. The van der Waals surface area contributed by atoms with Crippen molar-refractivity contribution in [3.8, 4) is 5.75 Å². The average Bonchev–Trinajstić information content (AvgIpc) is 3.84. The first-order chi connectivity index (χ1) is 34.2. The maximum Gasteiger partial charge on any atom is 0.408 e. The van der Waals surface area contributed by atoms with Gasteiger partial charge in [0, 0.05) is 19.5 Å². The molecule has 72 heavy (non-hydrogen) atoms. The predicted octanol–water partition coefficient (Wildman–Crippen LogP) is 4.31. The van der Waals surface area contributed by atoms with E-state index in [1.54, 1.807) is 81.4 Å². The molecular formula is C52H66N8O11S. The number of benzene rings is 4. The molecule has 386 valence electrons. The molecule has 0 bridgehead atoms. The Morgan fingerprint density at radius 2 is 1.38 bits per heavy atom. The number of aliphatic imine (C=N–C) groups is 1. The van der Waals surface area contributed by atoms with Gasteiger partial charge in [-0.15, -0.1) is 0 Å². The fourth-order valence-electron chi connectivity index (χ4n) is 7.46. The van der Waals surface area contributed by atoms with Gasteiger partial charge in [0.25, 0.3) is 10.0 Å². The van der Waals surface area contributed by atoms with Crippen molar-refractivity contribution >= 4 is 51.7 Å². The lowest BCUT2D eigenvalue weighted by atomic mass is 10.0. The van der Waals surface area contributed by atoms with E-state index < -0.39 is 87.5 Å². The summed E-state index contributed by atoms with van der Waals surface area (Å²) in [5.41, 5.74) is 8.35. The number of ether oxygens (including phenoxy) is 3. The summed E-state index contributed by atoms with van der Waals surface area (Å²) >= 11 is 0. The summed E-state index contributed by atoms with van der Waals surface area (Å²) in [4.78, 5) is 87.2. The van der Waals surface area contributed by atoms with Crippen LogP contribution in [0.3, 0.4) is 0 Å². The second-order valence-electron chi connectivity index (χ2n) is 18.5. The van der Waals surface area contributed by atoms with Gasteiger partial charge < -0.3 is 46.1 Å². The fourth-order valence-corrected chi connectivity index (χ4v) is 8.41. The van der Waals surface area contributed by atoms with E-state index in [9.17, 15) is 37.2 Å². The number of guanidine groups is 1. The van der Waals surface area contributed by atoms with Crippen LogP contribution in [0, 0.1) is 6.92 Å². The van der Waals surface area contributed by atoms with Gasteiger partial charge in [-0.2, -0.15) is 0 Å². The first-order valence-electron chi connectivity index (χ1n) is 23.7. The molecule has 0 unspecified atom stereocenters. The number of esters is 1. The van der Waals surface area contributed by atoms with Crippen LogP contribution >= 0.6 is 0 Å². The van der Waals surface area contributed by atoms with E-state index in [0.29, 0.717) is 24.3 Å². The van der Waals surface area contributed by atoms with Gasteiger partial charge in [0.2, 0.25) is 29.6 Å². The molecule has 5 atom stereocenters. The lowest BCUT2D eigenvalue weighted by Gasteiger charge is -2.30. The third-order valence-electron chi connectivity index (χ3n) is 11.3. The van der Waals surface area contributed by atoms with Crippen LogP contribution in [-0.4, -0.2) is 104 Å². The monoisotopic (exact) mass is 1010 g/mol. The molecule has 1 saturated heterocycles. The minimum atomic E-state index is -4.03. The van der Waals surface area contributed by atoms with Crippen molar-refractivity contribution in [1.29, 1.82) is 0 Å². The van der Waals surface area contributed by atoms with Crippen LogP contribution in [-0.2, 0) is 63.1 Å². The lowest BCUT2D eigenvalue weighted by Crippen LogP contribution is -2.58. The number of likely N-dealkylation sites (tertiary alicyclic amines) is 1. The Hall–Kier alpha value is -7.48. The topological polar surface area (TPSA) is 266 Å². The van der Waals surface area contributed by atoms with E-state index >= 15 is 0 Å². The lowest BCUT2D eigenvalue weighted by molar-refractivity contribution is -0.148. The van der Waals surface area contributed by atoms with Gasteiger partial charge in [-0.3, -0.25) is 24.2 Å². The summed E-state index contributed by atoms with van der Waals surface area (Å²) in [5.74, 6) is -3.17. The van der Waals surface area contributed by atoms with E-state index in [-0.39, 0.29) is 50.3 Å². The van der Waals surface area contributed by atoms with Gasteiger partial charge in [0.05, 0.1) is 4.90 Å². The van der Waals surface area contributed by atoms with Gasteiger partial charge in [-0.1, -0.05) is 90.5 Å². The molecule has 4 aromatic rings. The number of hydrogen-bond acceptors (Lipinski definition) is 12. The zero-order valence-corrected chi connectivity index (χ0v) is 42.3. The molecule has 1 fully saturated rings. The molecular weight excluding hydrogens is 945 g/mol. The molecule has 0 saturated carbocycles. The van der Waals surface area contributed by atoms with Crippen molar-refractivity contribution in [2.75, 3.05) is 13.1 Å². The zero-order chi connectivity index (χ0) is 52.4. The Labute approximate surface area is 421 Å². The standard InChI is InChI=1S/C52H66N8O11S/c1-34-21-27-41(28-22-34)72(67,68)59-50(53)54-29-13-19-42(46(62)56-36(3)49(65)70-33-39-17-11-8-12-18-39)57-45(61)35(2)55-47(63)44-20-14-30-60(44)48(64)43(58-51(66)71-52(4,5)6)31-37-23-25-40(26-24-37)69-32-38-15-9-7-10-16-38/h7-12,15-18,21-28,35-36,42-44H,13-14,19-20,29-33H2,1-6H3,(H,55,63)(H,56,62)(H,57,61)(H,58,66)(H3,53,54,59)/t35-,36-,42+,43-,44+/m1/s1. The minimum absolute atomic E-state index is 0.0155. The summed E-state index contributed by atoms with van der Waals surface area (Å²) in [5, 5.41) is 10.6. The molecule has 7 N–H and O–H groups in total. The molecule has 4 aromatic carbocycles. The van der Waals surface area contributed by atoms with E-state index in [2.05, 4.69) is 31.0 Å².